The van der Waals surface area contributed by atoms with Crippen molar-refractivity contribution < 1.29 is 33.0 Å². The molecule has 0 saturated carbocycles. The highest BCUT2D eigenvalue weighted by atomic mass is 16.5. The molecule has 0 saturated heterocycles. The van der Waals surface area contributed by atoms with Crippen molar-refractivity contribution >= 4 is 34.5 Å². The molecule has 1 heterocycles. The summed E-state index contributed by atoms with van der Waals surface area (Å²) in [5.74, 6) is -2.07. The van der Waals surface area contributed by atoms with Gasteiger partial charge in [0.25, 0.3) is 5.91 Å². The number of fused-ring (bicyclic) bond motifs is 1. The maximum atomic E-state index is 12.4. The Morgan fingerprint density at radius 3 is 2.40 bits per heavy atom. The van der Waals surface area contributed by atoms with Crippen molar-refractivity contribution in [3.8, 4) is 0 Å². The average molecular weight is 411 g/mol. The predicted molar refractivity (Wildman–Crippen MR) is 108 cm³/mol. The molecule has 0 aliphatic carbocycles. The minimum Gasteiger partial charge on any atom is -0.460 e. The number of anilines is 1. The molecule has 8 nitrogen and oxygen atoms in total. The van der Waals surface area contributed by atoms with E-state index in [1.807, 2.05) is 0 Å². The Morgan fingerprint density at radius 2 is 1.70 bits per heavy atom. The van der Waals surface area contributed by atoms with E-state index in [9.17, 15) is 14.4 Å². The van der Waals surface area contributed by atoms with Gasteiger partial charge in [-0.15, -0.1) is 0 Å². The van der Waals surface area contributed by atoms with E-state index >= 15 is 0 Å². The van der Waals surface area contributed by atoms with Crippen molar-refractivity contribution in [3.63, 3.8) is 0 Å². The molecular formula is C22H21NO7. The van der Waals surface area contributed by atoms with E-state index in [0.29, 0.717) is 23.1 Å². The minimum absolute atomic E-state index is 0.119. The Balaban J connectivity index is 1.68. The second-order valence-electron chi connectivity index (χ2n) is 6.28. The third-order valence-corrected chi connectivity index (χ3v) is 4.16. The van der Waals surface area contributed by atoms with Gasteiger partial charge in [0.1, 0.15) is 11.3 Å². The number of hydrogen-bond acceptors (Lipinski definition) is 7. The van der Waals surface area contributed by atoms with Crippen molar-refractivity contribution in [3.05, 3.63) is 65.4 Å². The fourth-order valence-electron chi connectivity index (χ4n) is 2.80. The van der Waals surface area contributed by atoms with Gasteiger partial charge in [-0.3, -0.25) is 4.79 Å². The van der Waals surface area contributed by atoms with Crippen molar-refractivity contribution in [1.82, 2.24) is 0 Å². The van der Waals surface area contributed by atoms with Gasteiger partial charge in [0.15, 0.2) is 6.61 Å². The zero-order valence-electron chi connectivity index (χ0n) is 16.6. The molecule has 0 bridgehead atoms. The van der Waals surface area contributed by atoms with Crippen molar-refractivity contribution in [2.45, 2.75) is 13.5 Å². The van der Waals surface area contributed by atoms with Gasteiger partial charge in [0, 0.05) is 12.5 Å². The van der Waals surface area contributed by atoms with Crippen LogP contribution in [0.2, 0.25) is 0 Å². The summed E-state index contributed by atoms with van der Waals surface area (Å²) >= 11 is 0. The molecule has 0 atom stereocenters. The third-order valence-electron chi connectivity index (χ3n) is 4.16. The van der Waals surface area contributed by atoms with E-state index in [1.165, 1.54) is 0 Å². The van der Waals surface area contributed by atoms with Gasteiger partial charge in [-0.1, -0.05) is 24.3 Å². The number of furan rings is 1. The molecule has 1 N–H and O–H groups in total. The highest BCUT2D eigenvalue weighted by Crippen LogP contribution is 2.31. The lowest BCUT2D eigenvalue weighted by molar-refractivity contribution is -0.119. The minimum atomic E-state index is -0.697. The highest BCUT2D eigenvalue weighted by molar-refractivity contribution is 6.09. The van der Waals surface area contributed by atoms with Crippen molar-refractivity contribution in [2.24, 2.45) is 0 Å². The van der Waals surface area contributed by atoms with Crippen molar-refractivity contribution in [1.29, 1.82) is 0 Å². The van der Waals surface area contributed by atoms with E-state index in [2.05, 4.69) is 5.32 Å². The summed E-state index contributed by atoms with van der Waals surface area (Å²) in [6.07, 6.45) is 0. The molecular weight excluding hydrogens is 390 g/mol. The Kier molecular flexibility index (Phi) is 6.82. The molecule has 1 aromatic heterocycles. The molecule has 0 unspecified atom stereocenters. The van der Waals surface area contributed by atoms with Gasteiger partial charge < -0.3 is 23.9 Å². The summed E-state index contributed by atoms with van der Waals surface area (Å²) in [6, 6.07) is 13.5. The second-order valence-corrected chi connectivity index (χ2v) is 6.28. The van der Waals surface area contributed by atoms with Crippen LogP contribution in [0.3, 0.4) is 0 Å². The number of rotatable bonds is 8. The van der Waals surface area contributed by atoms with Gasteiger partial charge >= 0.3 is 11.9 Å². The molecule has 8 heteroatoms. The molecule has 0 radical (unpaired) electrons. The first-order valence-corrected chi connectivity index (χ1v) is 9.27. The normalized spacial score (nSPS) is 10.6. The SMILES string of the molecule is CCOC(=O)c1oc2ccccc2c1NC(=O)COC(=O)c1ccc(COC)cc1. The number of amides is 1. The van der Waals surface area contributed by atoms with Crippen LogP contribution in [-0.4, -0.2) is 38.2 Å². The summed E-state index contributed by atoms with van der Waals surface area (Å²) in [7, 11) is 1.58. The lowest BCUT2D eigenvalue weighted by Gasteiger charge is -2.08. The highest BCUT2D eigenvalue weighted by Gasteiger charge is 2.23. The number of para-hydroxylation sites is 1. The lowest BCUT2D eigenvalue weighted by Crippen LogP contribution is -2.22. The van der Waals surface area contributed by atoms with Crippen LogP contribution >= 0.6 is 0 Å². The fraction of sp³-hybridized carbons (Fsp3) is 0.227. The van der Waals surface area contributed by atoms with Crippen LogP contribution in [-0.2, 0) is 25.6 Å². The van der Waals surface area contributed by atoms with Crippen molar-refractivity contribution in [2.75, 3.05) is 25.6 Å². The van der Waals surface area contributed by atoms with Gasteiger partial charge in [0.2, 0.25) is 5.76 Å². The molecule has 2 aromatic carbocycles. The molecule has 0 aliphatic heterocycles. The zero-order valence-corrected chi connectivity index (χ0v) is 16.6. The Morgan fingerprint density at radius 1 is 0.967 bits per heavy atom. The van der Waals surface area contributed by atoms with Crippen LogP contribution in [0.4, 0.5) is 5.69 Å². The first-order chi connectivity index (χ1) is 14.5. The number of hydrogen-bond donors (Lipinski definition) is 1. The summed E-state index contributed by atoms with van der Waals surface area (Å²) < 4.78 is 20.6. The maximum Gasteiger partial charge on any atom is 0.376 e. The molecule has 0 aliphatic rings. The van der Waals surface area contributed by atoms with Gasteiger partial charge in [0.05, 0.1) is 18.8 Å². The molecule has 0 spiro atoms. The number of carbonyl (C=O) groups is 3. The van der Waals surface area contributed by atoms with E-state index < -0.39 is 24.5 Å². The van der Waals surface area contributed by atoms with E-state index in [1.54, 1.807) is 62.6 Å². The monoisotopic (exact) mass is 411 g/mol. The van der Waals surface area contributed by atoms with Crippen LogP contribution in [0.15, 0.2) is 52.9 Å². The Hall–Kier alpha value is -3.65. The number of carbonyl (C=O) groups excluding carboxylic acids is 3. The first-order valence-electron chi connectivity index (χ1n) is 9.27. The number of methoxy groups -OCH3 is 1. The average Bonchev–Trinajstić information content (AvgIpc) is 3.11. The number of esters is 2. The third kappa shape index (κ3) is 4.84. The zero-order chi connectivity index (χ0) is 21.5. The van der Waals surface area contributed by atoms with E-state index in [4.69, 9.17) is 18.6 Å². The number of nitrogens with one attached hydrogen (secondary N) is 1. The van der Waals surface area contributed by atoms with Crippen LogP contribution in [0.1, 0.15) is 33.4 Å². The first kappa shape index (κ1) is 21.1. The summed E-state index contributed by atoms with van der Waals surface area (Å²) in [4.78, 5) is 36.7. The molecule has 0 fully saturated rings. The van der Waals surface area contributed by atoms with Crippen LogP contribution in [0, 0.1) is 0 Å². The Labute approximate surface area is 172 Å². The standard InChI is InChI=1S/C22H21NO7/c1-3-28-22(26)20-19(16-6-4-5-7-17(16)30-20)23-18(24)13-29-21(25)15-10-8-14(9-11-15)12-27-2/h4-11H,3,12-13H2,1-2H3,(H,23,24). The Bertz CT molecular complexity index is 1050. The second kappa shape index (κ2) is 9.71. The van der Waals surface area contributed by atoms with Crippen LogP contribution < -0.4 is 5.32 Å². The van der Waals surface area contributed by atoms with Crippen LogP contribution in [0.5, 0.6) is 0 Å². The maximum absolute atomic E-state index is 12.4. The fourth-order valence-corrected chi connectivity index (χ4v) is 2.80. The van der Waals surface area contributed by atoms with Gasteiger partial charge in [-0.2, -0.15) is 0 Å². The topological polar surface area (TPSA) is 104 Å². The number of benzene rings is 2. The predicted octanol–water partition coefficient (Wildman–Crippen LogP) is 3.55. The lowest BCUT2D eigenvalue weighted by atomic mass is 10.1. The van der Waals surface area contributed by atoms with Gasteiger partial charge in [-0.25, -0.2) is 9.59 Å². The molecule has 30 heavy (non-hydrogen) atoms. The van der Waals surface area contributed by atoms with E-state index in [0.717, 1.165) is 5.56 Å². The summed E-state index contributed by atoms with van der Waals surface area (Å²) in [5, 5.41) is 3.11. The van der Waals surface area contributed by atoms with Crippen LogP contribution in [0.25, 0.3) is 11.0 Å². The number of ether oxygens (including phenoxy) is 3. The molecule has 3 rings (SSSR count). The molecule has 1 amide bonds. The van der Waals surface area contributed by atoms with E-state index in [-0.39, 0.29) is 18.1 Å². The quantitative estimate of drug-likeness (QED) is 0.565. The molecule has 3 aromatic rings. The van der Waals surface area contributed by atoms with Gasteiger partial charge in [-0.05, 0) is 36.8 Å². The largest absolute Gasteiger partial charge is 0.460 e. The summed E-state index contributed by atoms with van der Waals surface area (Å²) in [6.45, 7) is 1.73. The smallest absolute Gasteiger partial charge is 0.376 e. The summed E-state index contributed by atoms with van der Waals surface area (Å²) in [5.41, 5.74) is 1.81. The molecule has 156 valence electrons.